The first-order valence-electron chi connectivity index (χ1n) is 10.9. The Morgan fingerprint density at radius 3 is 2.79 bits per heavy atom. The molecule has 4 rings (SSSR count). The second kappa shape index (κ2) is 10.3. The first kappa shape index (κ1) is 23.2. The monoisotopic (exact) mass is 470 g/mol. The van der Waals surface area contributed by atoms with Crippen LogP contribution in [0.1, 0.15) is 53.3 Å². The molecule has 10 heteroatoms. The number of carbonyl (C=O) groups is 1. The fourth-order valence-electron chi connectivity index (χ4n) is 3.91. The molecule has 0 radical (unpaired) electrons. The summed E-state index contributed by atoms with van der Waals surface area (Å²) in [4.78, 5) is 26.0. The molecule has 1 amide bonds. The Bertz CT molecular complexity index is 1110. The molecule has 1 aliphatic carbocycles. The fraction of sp³-hybridized carbons (Fsp3) is 0.391. The van der Waals surface area contributed by atoms with Gasteiger partial charge in [0.1, 0.15) is 17.8 Å². The quantitative estimate of drug-likeness (QED) is 0.418. The summed E-state index contributed by atoms with van der Waals surface area (Å²) in [5.74, 6) is 0.694. The van der Waals surface area contributed by atoms with E-state index in [0.29, 0.717) is 22.4 Å². The van der Waals surface area contributed by atoms with E-state index in [1.165, 1.54) is 6.33 Å². The van der Waals surface area contributed by atoms with E-state index in [2.05, 4.69) is 25.6 Å². The zero-order valence-electron chi connectivity index (χ0n) is 18.3. The lowest BCUT2D eigenvalue weighted by Crippen LogP contribution is -2.31. The summed E-state index contributed by atoms with van der Waals surface area (Å²) >= 11 is 6.03. The molecule has 4 N–H and O–H groups in total. The van der Waals surface area contributed by atoms with Gasteiger partial charge < -0.3 is 20.8 Å². The number of aromatic nitrogens is 4. The number of hydrogen-bond acceptors (Lipinski definition) is 7. The standard InChI is InChI=1S/C23H27ClN6O3/c1-14-10-25-23(27-17-5-7-18(32)8-6-17)29-21(14)30-11-19(26-13-30)22(33)28-20(12-31)15-3-2-4-16(24)9-15/h2-4,9-11,13,17-18,20,31-32H,5-8,12H2,1H3,(H,28,33)(H,25,27,29)/t17-,18-,20-/m1/s1. The molecular formula is C23H27ClN6O3. The molecule has 33 heavy (non-hydrogen) atoms. The third-order valence-electron chi connectivity index (χ3n) is 5.77. The highest BCUT2D eigenvalue weighted by Gasteiger charge is 2.21. The Morgan fingerprint density at radius 2 is 2.06 bits per heavy atom. The number of imidazole rings is 1. The minimum Gasteiger partial charge on any atom is -0.394 e. The van der Waals surface area contributed by atoms with E-state index >= 15 is 0 Å². The van der Waals surface area contributed by atoms with Crippen LogP contribution < -0.4 is 10.6 Å². The van der Waals surface area contributed by atoms with Crippen LogP contribution in [0.15, 0.2) is 43.0 Å². The van der Waals surface area contributed by atoms with E-state index < -0.39 is 11.9 Å². The van der Waals surface area contributed by atoms with Crippen LogP contribution in [0.2, 0.25) is 5.02 Å². The molecule has 1 aliphatic rings. The van der Waals surface area contributed by atoms with Crippen molar-refractivity contribution in [2.75, 3.05) is 11.9 Å². The molecule has 0 saturated heterocycles. The van der Waals surface area contributed by atoms with E-state index in [-0.39, 0.29) is 24.4 Å². The summed E-state index contributed by atoms with van der Waals surface area (Å²) in [7, 11) is 0. The molecule has 174 valence electrons. The number of aliphatic hydroxyl groups is 2. The maximum atomic E-state index is 12.8. The van der Waals surface area contributed by atoms with Crippen molar-refractivity contribution in [2.24, 2.45) is 0 Å². The molecule has 0 spiro atoms. The molecule has 3 aromatic rings. The predicted octanol–water partition coefficient (Wildman–Crippen LogP) is 2.80. The van der Waals surface area contributed by atoms with Crippen molar-refractivity contribution in [3.8, 4) is 5.82 Å². The minimum absolute atomic E-state index is 0.198. The number of nitrogens with one attached hydrogen (secondary N) is 2. The molecule has 0 bridgehead atoms. The van der Waals surface area contributed by atoms with Gasteiger partial charge in [-0.15, -0.1) is 0 Å². The molecule has 1 saturated carbocycles. The summed E-state index contributed by atoms with van der Waals surface area (Å²) in [5.41, 5.74) is 1.73. The molecule has 1 atom stereocenters. The largest absolute Gasteiger partial charge is 0.394 e. The van der Waals surface area contributed by atoms with E-state index in [1.54, 1.807) is 41.2 Å². The number of aryl methyl sites for hydroxylation is 1. The highest BCUT2D eigenvalue weighted by molar-refractivity contribution is 6.30. The van der Waals surface area contributed by atoms with Gasteiger partial charge in [0.15, 0.2) is 0 Å². The Balaban J connectivity index is 1.47. The normalized spacial score (nSPS) is 19.2. The molecule has 1 fully saturated rings. The summed E-state index contributed by atoms with van der Waals surface area (Å²) in [6.07, 6.45) is 7.88. The third kappa shape index (κ3) is 5.68. The number of benzene rings is 1. The van der Waals surface area contributed by atoms with Gasteiger partial charge in [0.25, 0.3) is 5.91 Å². The van der Waals surface area contributed by atoms with Gasteiger partial charge >= 0.3 is 0 Å². The first-order valence-corrected chi connectivity index (χ1v) is 11.3. The number of halogens is 1. The number of nitrogens with zero attached hydrogens (tertiary/aromatic N) is 4. The number of hydrogen-bond donors (Lipinski definition) is 4. The smallest absolute Gasteiger partial charge is 0.272 e. The first-order chi connectivity index (χ1) is 15.9. The van der Waals surface area contributed by atoms with Gasteiger partial charge in [0, 0.05) is 29.0 Å². The van der Waals surface area contributed by atoms with Crippen LogP contribution in [0, 0.1) is 6.92 Å². The van der Waals surface area contributed by atoms with E-state index in [1.807, 2.05) is 6.92 Å². The zero-order chi connectivity index (χ0) is 23.4. The highest BCUT2D eigenvalue weighted by atomic mass is 35.5. The second-order valence-electron chi connectivity index (χ2n) is 8.28. The SMILES string of the molecule is Cc1cnc(N[C@H]2CC[C@H](O)CC2)nc1-n1cnc(C(=O)N[C@H](CO)c2cccc(Cl)c2)c1. The van der Waals surface area contributed by atoms with Gasteiger partial charge in [0.05, 0.1) is 18.8 Å². The average Bonchev–Trinajstić information content (AvgIpc) is 3.30. The lowest BCUT2D eigenvalue weighted by molar-refractivity contribution is 0.0911. The molecule has 2 aromatic heterocycles. The molecule has 0 unspecified atom stereocenters. The van der Waals surface area contributed by atoms with Gasteiger partial charge in [-0.3, -0.25) is 9.36 Å². The lowest BCUT2D eigenvalue weighted by Gasteiger charge is -2.26. The molecule has 0 aliphatic heterocycles. The van der Waals surface area contributed by atoms with Gasteiger partial charge in [-0.25, -0.2) is 9.97 Å². The van der Waals surface area contributed by atoms with Crippen molar-refractivity contribution in [2.45, 2.75) is 50.8 Å². The Labute approximate surface area is 196 Å². The van der Waals surface area contributed by atoms with Crippen molar-refractivity contribution in [3.05, 3.63) is 64.8 Å². The van der Waals surface area contributed by atoms with Crippen LogP contribution in [0.3, 0.4) is 0 Å². The average molecular weight is 471 g/mol. The number of amides is 1. The van der Waals surface area contributed by atoms with Crippen LogP contribution in [0.5, 0.6) is 0 Å². The van der Waals surface area contributed by atoms with Crippen molar-refractivity contribution >= 4 is 23.5 Å². The van der Waals surface area contributed by atoms with Crippen LogP contribution >= 0.6 is 11.6 Å². The fourth-order valence-corrected chi connectivity index (χ4v) is 4.11. The Morgan fingerprint density at radius 1 is 1.27 bits per heavy atom. The van der Waals surface area contributed by atoms with E-state index in [0.717, 1.165) is 31.2 Å². The van der Waals surface area contributed by atoms with Crippen molar-refractivity contribution < 1.29 is 15.0 Å². The maximum absolute atomic E-state index is 12.8. The highest BCUT2D eigenvalue weighted by Crippen LogP contribution is 2.22. The van der Waals surface area contributed by atoms with Gasteiger partial charge in [-0.05, 0) is 50.3 Å². The van der Waals surface area contributed by atoms with Crippen LogP contribution in [-0.4, -0.2) is 54.4 Å². The topological polar surface area (TPSA) is 125 Å². The Kier molecular flexibility index (Phi) is 7.22. The van der Waals surface area contributed by atoms with Gasteiger partial charge in [0.2, 0.25) is 5.95 Å². The van der Waals surface area contributed by atoms with Gasteiger partial charge in [-0.1, -0.05) is 23.7 Å². The predicted molar refractivity (Wildman–Crippen MR) is 125 cm³/mol. The number of aliphatic hydroxyl groups excluding tert-OH is 2. The molecule has 9 nitrogen and oxygen atoms in total. The van der Waals surface area contributed by atoms with Crippen LogP contribution in [-0.2, 0) is 0 Å². The second-order valence-corrected chi connectivity index (χ2v) is 8.72. The summed E-state index contributed by atoms with van der Waals surface area (Å²) in [6, 6.07) is 6.60. The number of rotatable bonds is 7. The Hall–Kier alpha value is -3.01. The number of anilines is 1. The third-order valence-corrected chi connectivity index (χ3v) is 6.01. The minimum atomic E-state index is -0.605. The van der Waals surface area contributed by atoms with E-state index in [9.17, 15) is 15.0 Å². The lowest BCUT2D eigenvalue weighted by atomic mass is 9.93. The molecular weight excluding hydrogens is 444 g/mol. The summed E-state index contributed by atoms with van der Waals surface area (Å²) in [5, 5.41) is 26.1. The summed E-state index contributed by atoms with van der Waals surface area (Å²) < 4.78 is 1.68. The maximum Gasteiger partial charge on any atom is 0.272 e. The summed E-state index contributed by atoms with van der Waals surface area (Å²) in [6.45, 7) is 1.61. The van der Waals surface area contributed by atoms with E-state index in [4.69, 9.17) is 11.6 Å². The number of carbonyl (C=O) groups excluding carboxylic acids is 1. The zero-order valence-corrected chi connectivity index (χ0v) is 19.0. The van der Waals surface area contributed by atoms with Crippen molar-refractivity contribution in [1.29, 1.82) is 0 Å². The van der Waals surface area contributed by atoms with Crippen molar-refractivity contribution in [1.82, 2.24) is 24.8 Å². The van der Waals surface area contributed by atoms with Crippen molar-refractivity contribution in [3.63, 3.8) is 0 Å². The van der Waals surface area contributed by atoms with Gasteiger partial charge in [-0.2, -0.15) is 4.98 Å². The van der Waals surface area contributed by atoms with Crippen LogP contribution in [0.4, 0.5) is 5.95 Å². The molecule has 2 heterocycles. The van der Waals surface area contributed by atoms with Crippen LogP contribution in [0.25, 0.3) is 5.82 Å². The molecule has 1 aromatic carbocycles.